The first-order valence-electron chi connectivity index (χ1n) is 7.12. The summed E-state index contributed by atoms with van der Waals surface area (Å²) in [5, 5.41) is 3.49. The molecule has 1 saturated carbocycles. The molecule has 1 rings (SSSR count). The maximum absolute atomic E-state index is 11.4. The highest BCUT2D eigenvalue weighted by molar-refractivity contribution is 7.88. The predicted octanol–water partition coefficient (Wildman–Crippen LogP) is 1.83. The van der Waals surface area contributed by atoms with Crippen molar-refractivity contribution in [1.82, 2.24) is 9.62 Å². The molecule has 5 heteroatoms. The molecular formula is C13H28N2O2S. The minimum Gasteiger partial charge on any atom is -0.314 e. The first kappa shape index (κ1) is 15.9. The van der Waals surface area contributed by atoms with Crippen molar-refractivity contribution < 1.29 is 8.42 Å². The smallest absolute Gasteiger partial charge is 0.211 e. The lowest BCUT2D eigenvalue weighted by atomic mass is 9.81. The van der Waals surface area contributed by atoms with Crippen LogP contribution in [-0.4, -0.2) is 44.7 Å². The van der Waals surface area contributed by atoms with E-state index in [-0.39, 0.29) is 0 Å². The number of hydrogen-bond acceptors (Lipinski definition) is 3. The molecule has 0 saturated heterocycles. The van der Waals surface area contributed by atoms with E-state index in [1.54, 1.807) is 0 Å². The Balaban J connectivity index is 2.09. The summed E-state index contributed by atoms with van der Waals surface area (Å²) in [5.74, 6) is 0.927. The lowest BCUT2D eigenvalue weighted by Crippen LogP contribution is -2.35. The van der Waals surface area contributed by atoms with Gasteiger partial charge >= 0.3 is 0 Å². The summed E-state index contributed by atoms with van der Waals surface area (Å²) in [7, 11) is -3.02. The van der Waals surface area contributed by atoms with Crippen LogP contribution in [0.2, 0.25) is 0 Å². The van der Waals surface area contributed by atoms with E-state index in [4.69, 9.17) is 0 Å². The van der Waals surface area contributed by atoms with Crippen molar-refractivity contribution in [2.24, 2.45) is 5.92 Å². The van der Waals surface area contributed by atoms with Crippen LogP contribution in [-0.2, 0) is 10.0 Å². The molecule has 1 N–H and O–H groups in total. The zero-order valence-electron chi connectivity index (χ0n) is 12.0. The van der Waals surface area contributed by atoms with Gasteiger partial charge in [-0.15, -0.1) is 0 Å². The Morgan fingerprint density at radius 3 is 2.50 bits per heavy atom. The first-order chi connectivity index (χ1) is 8.43. The molecule has 18 heavy (non-hydrogen) atoms. The van der Waals surface area contributed by atoms with Crippen molar-refractivity contribution in [2.45, 2.75) is 52.0 Å². The zero-order chi connectivity index (χ0) is 13.6. The van der Waals surface area contributed by atoms with Crippen LogP contribution in [0.15, 0.2) is 0 Å². The van der Waals surface area contributed by atoms with E-state index >= 15 is 0 Å². The minimum atomic E-state index is -3.02. The SMILES string of the molecule is CCN(CCCNC(C)CC1CCC1)S(C)(=O)=O. The van der Waals surface area contributed by atoms with Gasteiger partial charge in [0.25, 0.3) is 0 Å². The number of sulfonamides is 1. The minimum absolute atomic E-state index is 0.559. The third-order valence-corrected chi connectivity index (χ3v) is 5.19. The molecule has 0 radical (unpaired) electrons. The van der Waals surface area contributed by atoms with Gasteiger partial charge in [-0.1, -0.05) is 26.2 Å². The van der Waals surface area contributed by atoms with Crippen LogP contribution in [0.3, 0.4) is 0 Å². The van der Waals surface area contributed by atoms with E-state index in [2.05, 4.69) is 12.2 Å². The molecule has 0 bridgehead atoms. The molecule has 1 fully saturated rings. The van der Waals surface area contributed by atoms with Crippen molar-refractivity contribution in [3.05, 3.63) is 0 Å². The summed E-state index contributed by atoms with van der Waals surface area (Å²) in [5.41, 5.74) is 0. The van der Waals surface area contributed by atoms with Gasteiger partial charge in [-0.2, -0.15) is 0 Å². The van der Waals surface area contributed by atoms with Crippen LogP contribution >= 0.6 is 0 Å². The Hall–Kier alpha value is -0.130. The van der Waals surface area contributed by atoms with Crippen molar-refractivity contribution in [3.63, 3.8) is 0 Å². The molecule has 0 aliphatic heterocycles. The molecular weight excluding hydrogens is 248 g/mol. The standard InChI is InChI=1S/C13H28N2O2S/c1-4-15(18(3,16)17)10-6-9-14-12(2)11-13-7-5-8-13/h12-14H,4-11H2,1-3H3. The molecule has 0 aromatic carbocycles. The Bertz CT molecular complexity index is 326. The summed E-state index contributed by atoms with van der Waals surface area (Å²) < 4.78 is 24.3. The predicted molar refractivity (Wildman–Crippen MR) is 76.1 cm³/mol. The van der Waals surface area contributed by atoms with Gasteiger partial charge in [0.05, 0.1) is 6.26 Å². The van der Waals surface area contributed by atoms with E-state index in [9.17, 15) is 8.42 Å². The fourth-order valence-corrected chi connectivity index (χ4v) is 3.40. The quantitative estimate of drug-likeness (QED) is 0.654. The highest BCUT2D eigenvalue weighted by atomic mass is 32.2. The van der Waals surface area contributed by atoms with E-state index in [1.807, 2.05) is 6.92 Å². The van der Waals surface area contributed by atoms with Crippen LogP contribution in [0.5, 0.6) is 0 Å². The number of nitrogens with zero attached hydrogens (tertiary/aromatic N) is 1. The largest absolute Gasteiger partial charge is 0.314 e. The third-order valence-electron chi connectivity index (χ3n) is 3.81. The van der Waals surface area contributed by atoms with Gasteiger partial charge in [0.2, 0.25) is 10.0 Å². The molecule has 1 unspecified atom stereocenters. The first-order valence-corrected chi connectivity index (χ1v) is 8.96. The lowest BCUT2D eigenvalue weighted by Gasteiger charge is -2.28. The van der Waals surface area contributed by atoms with Crippen LogP contribution in [0.4, 0.5) is 0 Å². The highest BCUT2D eigenvalue weighted by Crippen LogP contribution is 2.30. The van der Waals surface area contributed by atoms with Gasteiger partial charge in [0.1, 0.15) is 0 Å². The summed E-state index contributed by atoms with van der Waals surface area (Å²) in [6.07, 6.45) is 7.62. The van der Waals surface area contributed by atoms with E-state index < -0.39 is 10.0 Å². The second-order valence-corrected chi connectivity index (χ2v) is 7.48. The molecule has 108 valence electrons. The second-order valence-electron chi connectivity index (χ2n) is 5.50. The number of nitrogens with one attached hydrogen (secondary N) is 1. The fourth-order valence-electron chi connectivity index (χ4n) is 2.47. The molecule has 0 heterocycles. The van der Waals surface area contributed by atoms with Crippen molar-refractivity contribution >= 4 is 10.0 Å². The van der Waals surface area contributed by atoms with Crippen LogP contribution in [0.25, 0.3) is 0 Å². The van der Waals surface area contributed by atoms with E-state index in [0.29, 0.717) is 19.1 Å². The van der Waals surface area contributed by atoms with Crippen molar-refractivity contribution in [2.75, 3.05) is 25.9 Å². The molecule has 1 atom stereocenters. The van der Waals surface area contributed by atoms with Crippen molar-refractivity contribution in [3.8, 4) is 0 Å². The Kier molecular flexibility index (Phi) is 6.60. The number of rotatable bonds is 9. The summed E-state index contributed by atoms with van der Waals surface area (Å²) in [6, 6.07) is 0.559. The van der Waals surface area contributed by atoms with Gasteiger partial charge in [-0.05, 0) is 32.2 Å². The van der Waals surface area contributed by atoms with Crippen LogP contribution in [0.1, 0.15) is 46.0 Å². The summed E-state index contributed by atoms with van der Waals surface area (Å²) in [6.45, 7) is 6.20. The lowest BCUT2D eigenvalue weighted by molar-refractivity contribution is 0.265. The van der Waals surface area contributed by atoms with Gasteiger partial charge in [0.15, 0.2) is 0 Å². The Labute approximate surface area is 112 Å². The third kappa shape index (κ3) is 5.67. The molecule has 0 spiro atoms. The fraction of sp³-hybridized carbons (Fsp3) is 1.00. The maximum atomic E-state index is 11.4. The Morgan fingerprint density at radius 2 is 2.06 bits per heavy atom. The van der Waals surface area contributed by atoms with Crippen LogP contribution < -0.4 is 5.32 Å². The molecule has 4 nitrogen and oxygen atoms in total. The monoisotopic (exact) mass is 276 g/mol. The maximum Gasteiger partial charge on any atom is 0.211 e. The topological polar surface area (TPSA) is 49.4 Å². The van der Waals surface area contributed by atoms with E-state index in [1.165, 1.54) is 36.2 Å². The van der Waals surface area contributed by atoms with Crippen molar-refractivity contribution in [1.29, 1.82) is 0 Å². The molecule has 1 aliphatic carbocycles. The molecule has 0 aromatic heterocycles. The highest BCUT2D eigenvalue weighted by Gasteiger charge is 2.19. The normalized spacial score (nSPS) is 18.9. The summed E-state index contributed by atoms with van der Waals surface area (Å²) >= 11 is 0. The average molecular weight is 276 g/mol. The molecule has 1 aliphatic rings. The van der Waals surface area contributed by atoms with Gasteiger partial charge in [-0.25, -0.2) is 12.7 Å². The van der Waals surface area contributed by atoms with Crippen LogP contribution in [0, 0.1) is 5.92 Å². The van der Waals surface area contributed by atoms with Gasteiger partial charge < -0.3 is 5.32 Å². The summed E-state index contributed by atoms with van der Waals surface area (Å²) in [4.78, 5) is 0. The molecule has 0 aromatic rings. The Morgan fingerprint density at radius 1 is 1.39 bits per heavy atom. The second kappa shape index (κ2) is 7.46. The zero-order valence-corrected chi connectivity index (χ0v) is 12.8. The van der Waals surface area contributed by atoms with Gasteiger partial charge in [0, 0.05) is 19.1 Å². The average Bonchev–Trinajstić information content (AvgIpc) is 2.21. The van der Waals surface area contributed by atoms with Gasteiger partial charge in [-0.3, -0.25) is 0 Å². The van der Waals surface area contributed by atoms with E-state index in [0.717, 1.165) is 18.9 Å². The number of hydrogen-bond donors (Lipinski definition) is 1. The molecule has 0 amide bonds.